The summed E-state index contributed by atoms with van der Waals surface area (Å²) in [6.45, 7) is 3.65. The van der Waals surface area contributed by atoms with Crippen LogP contribution >= 0.6 is 0 Å². The van der Waals surface area contributed by atoms with Crippen molar-refractivity contribution < 1.29 is 5.11 Å². The average Bonchev–Trinajstić information content (AvgIpc) is 2.31. The summed E-state index contributed by atoms with van der Waals surface area (Å²) in [5.74, 6) is 0.187. The van der Waals surface area contributed by atoms with E-state index in [9.17, 15) is 5.11 Å². The van der Waals surface area contributed by atoms with Gasteiger partial charge in [0.15, 0.2) is 0 Å². The Labute approximate surface area is 88.5 Å². The van der Waals surface area contributed by atoms with Crippen molar-refractivity contribution in [3.63, 3.8) is 0 Å². The fraction of sp³-hybridized carbons (Fsp3) is 0. The van der Waals surface area contributed by atoms with Crippen LogP contribution in [0.4, 0.5) is 0 Å². The van der Waals surface area contributed by atoms with Gasteiger partial charge in [0.2, 0.25) is 0 Å². The first-order valence-electron chi connectivity index (χ1n) is 4.69. The third-order valence-corrected chi connectivity index (χ3v) is 2.15. The molecule has 2 heteroatoms. The molecular weight excluding hydrogens is 186 g/mol. The maximum Gasteiger partial charge on any atom is 0.141 e. The highest BCUT2D eigenvalue weighted by molar-refractivity contribution is 5.67. The van der Waals surface area contributed by atoms with E-state index in [2.05, 4.69) is 11.6 Å². The molecule has 0 fully saturated rings. The summed E-state index contributed by atoms with van der Waals surface area (Å²) in [5, 5.41) is 9.69. The quantitative estimate of drug-likeness (QED) is 0.802. The summed E-state index contributed by atoms with van der Waals surface area (Å²) < 4.78 is 0. The number of hydrogen-bond donors (Lipinski definition) is 1. The molecule has 0 bridgehead atoms. The van der Waals surface area contributed by atoms with Crippen LogP contribution in [0.3, 0.4) is 0 Å². The van der Waals surface area contributed by atoms with Gasteiger partial charge in [-0.2, -0.15) is 0 Å². The summed E-state index contributed by atoms with van der Waals surface area (Å²) in [5.41, 5.74) is 2.25. The zero-order chi connectivity index (χ0) is 10.7. The van der Waals surface area contributed by atoms with Gasteiger partial charge in [-0.05, 0) is 18.2 Å². The van der Waals surface area contributed by atoms with Crippen LogP contribution in [-0.2, 0) is 0 Å². The molecule has 2 rings (SSSR count). The Morgan fingerprint density at radius 2 is 1.80 bits per heavy atom. The molecule has 0 saturated heterocycles. The molecule has 2 nitrogen and oxygen atoms in total. The van der Waals surface area contributed by atoms with Crippen molar-refractivity contribution in [2.75, 3.05) is 0 Å². The van der Waals surface area contributed by atoms with Crippen molar-refractivity contribution in [3.8, 4) is 17.0 Å². The fourth-order valence-electron chi connectivity index (χ4n) is 1.39. The van der Waals surface area contributed by atoms with Crippen molar-refractivity contribution in [3.05, 3.63) is 54.7 Å². The molecule has 1 N–H and O–H groups in total. The van der Waals surface area contributed by atoms with Gasteiger partial charge in [-0.15, -0.1) is 0 Å². The Balaban J connectivity index is 2.57. The molecule has 0 unspecified atom stereocenters. The first kappa shape index (κ1) is 9.46. The maximum atomic E-state index is 9.69. The third-order valence-electron chi connectivity index (χ3n) is 2.15. The Kier molecular flexibility index (Phi) is 2.50. The number of aromatic nitrogens is 1. The lowest BCUT2D eigenvalue weighted by Crippen LogP contribution is -1.87. The smallest absolute Gasteiger partial charge is 0.141 e. The average molecular weight is 197 g/mol. The molecule has 0 amide bonds. The fourth-order valence-corrected chi connectivity index (χ4v) is 1.39. The number of rotatable bonds is 2. The van der Waals surface area contributed by atoms with Crippen LogP contribution < -0.4 is 0 Å². The number of pyridine rings is 1. The van der Waals surface area contributed by atoms with E-state index in [0.717, 1.165) is 11.3 Å². The van der Waals surface area contributed by atoms with Crippen molar-refractivity contribution >= 4 is 6.08 Å². The van der Waals surface area contributed by atoms with E-state index in [-0.39, 0.29) is 5.75 Å². The normalized spacial score (nSPS) is 9.87. The van der Waals surface area contributed by atoms with Crippen molar-refractivity contribution in [1.29, 1.82) is 0 Å². The molecule has 74 valence electrons. The molecule has 0 spiro atoms. The van der Waals surface area contributed by atoms with Crippen LogP contribution in [0, 0.1) is 0 Å². The Morgan fingerprint density at radius 1 is 1.07 bits per heavy atom. The highest BCUT2D eigenvalue weighted by Crippen LogP contribution is 2.26. The molecule has 1 aromatic heterocycles. The summed E-state index contributed by atoms with van der Waals surface area (Å²) in [4.78, 5) is 4.29. The standard InChI is InChI=1S/C13H11NO/c1-2-11-8-9-12(15)13(14-11)10-6-4-3-5-7-10/h2-9,15H,1H2. The van der Waals surface area contributed by atoms with Crippen LogP contribution in [-0.4, -0.2) is 10.1 Å². The largest absolute Gasteiger partial charge is 0.506 e. The molecular formula is C13H11NO. The van der Waals surface area contributed by atoms with Gasteiger partial charge in [0.05, 0.1) is 5.69 Å². The topological polar surface area (TPSA) is 33.1 Å². The van der Waals surface area contributed by atoms with Gasteiger partial charge in [0.25, 0.3) is 0 Å². The molecule has 1 aromatic carbocycles. The van der Waals surface area contributed by atoms with E-state index < -0.39 is 0 Å². The van der Waals surface area contributed by atoms with Gasteiger partial charge in [-0.1, -0.05) is 36.9 Å². The number of benzene rings is 1. The summed E-state index contributed by atoms with van der Waals surface area (Å²) >= 11 is 0. The van der Waals surface area contributed by atoms with Gasteiger partial charge in [-0.25, -0.2) is 4.98 Å². The summed E-state index contributed by atoms with van der Waals surface area (Å²) in [6.07, 6.45) is 1.66. The van der Waals surface area contributed by atoms with Crippen LogP contribution in [0.1, 0.15) is 5.69 Å². The van der Waals surface area contributed by atoms with Crippen molar-refractivity contribution in [2.45, 2.75) is 0 Å². The predicted molar refractivity (Wildman–Crippen MR) is 61.4 cm³/mol. The first-order valence-corrected chi connectivity index (χ1v) is 4.69. The van der Waals surface area contributed by atoms with Crippen LogP contribution in [0.15, 0.2) is 49.0 Å². The Hall–Kier alpha value is -2.09. The second kappa shape index (κ2) is 3.96. The molecule has 0 aliphatic rings. The van der Waals surface area contributed by atoms with E-state index in [1.807, 2.05) is 30.3 Å². The molecule has 0 radical (unpaired) electrons. The lowest BCUT2D eigenvalue weighted by atomic mass is 10.1. The van der Waals surface area contributed by atoms with E-state index in [0.29, 0.717) is 5.69 Å². The zero-order valence-corrected chi connectivity index (χ0v) is 8.22. The lowest BCUT2D eigenvalue weighted by Gasteiger charge is -2.04. The minimum Gasteiger partial charge on any atom is -0.506 e. The Bertz CT molecular complexity index is 477. The monoisotopic (exact) mass is 197 g/mol. The molecule has 15 heavy (non-hydrogen) atoms. The highest BCUT2D eigenvalue weighted by Gasteiger charge is 2.05. The SMILES string of the molecule is C=Cc1ccc(O)c(-c2ccccc2)n1. The van der Waals surface area contributed by atoms with Gasteiger partial charge in [-0.3, -0.25) is 0 Å². The van der Waals surface area contributed by atoms with Gasteiger partial charge < -0.3 is 5.11 Å². The maximum absolute atomic E-state index is 9.69. The molecule has 0 aliphatic carbocycles. The van der Waals surface area contributed by atoms with Crippen LogP contribution in [0.2, 0.25) is 0 Å². The van der Waals surface area contributed by atoms with Crippen LogP contribution in [0.5, 0.6) is 5.75 Å². The third kappa shape index (κ3) is 1.89. The number of aromatic hydroxyl groups is 1. The van der Waals surface area contributed by atoms with Crippen molar-refractivity contribution in [1.82, 2.24) is 4.98 Å². The van der Waals surface area contributed by atoms with Crippen LogP contribution in [0.25, 0.3) is 17.3 Å². The number of nitrogens with zero attached hydrogens (tertiary/aromatic N) is 1. The van der Waals surface area contributed by atoms with E-state index in [1.54, 1.807) is 18.2 Å². The Morgan fingerprint density at radius 3 is 2.47 bits per heavy atom. The number of hydrogen-bond acceptors (Lipinski definition) is 2. The van der Waals surface area contributed by atoms with E-state index in [4.69, 9.17) is 0 Å². The molecule has 0 atom stereocenters. The van der Waals surface area contributed by atoms with Gasteiger partial charge >= 0.3 is 0 Å². The highest BCUT2D eigenvalue weighted by atomic mass is 16.3. The molecule has 2 aromatic rings. The summed E-state index contributed by atoms with van der Waals surface area (Å²) in [7, 11) is 0. The molecule has 0 saturated carbocycles. The minimum atomic E-state index is 0.187. The predicted octanol–water partition coefficient (Wildman–Crippen LogP) is 3.10. The second-order valence-corrected chi connectivity index (χ2v) is 3.17. The van der Waals surface area contributed by atoms with Crippen molar-refractivity contribution in [2.24, 2.45) is 0 Å². The molecule has 1 heterocycles. The molecule has 0 aliphatic heterocycles. The second-order valence-electron chi connectivity index (χ2n) is 3.17. The van der Waals surface area contributed by atoms with E-state index >= 15 is 0 Å². The summed E-state index contributed by atoms with van der Waals surface area (Å²) in [6, 6.07) is 12.9. The van der Waals surface area contributed by atoms with E-state index in [1.165, 1.54) is 0 Å². The van der Waals surface area contributed by atoms with Gasteiger partial charge in [0, 0.05) is 5.56 Å². The van der Waals surface area contributed by atoms with Gasteiger partial charge in [0.1, 0.15) is 11.4 Å². The zero-order valence-electron chi connectivity index (χ0n) is 8.22. The lowest BCUT2D eigenvalue weighted by molar-refractivity contribution is 0.475. The minimum absolute atomic E-state index is 0.187. The first-order chi connectivity index (χ1) is 7.31.